The normalized spacial score (nSPS) is 26.6. The van der Waals surface area contributed by atoms with E-state index in [1.807, 2.05) is 0 Å². The summed E-state index contributed by atoms with van der Waals surface area (Å²) in [4.78, 5) is 23.3. The number of ether oxygens (including phenoxy) is 1. The summed E-state index contributed by atoms with van der Waals surface area (Å²) in [5.41, 5.74) is -0.554. The van der Waals surface area contributed by atoms with Crippen molar-refractivity contribution in [1.29, 1.82) is 0 Å². The van der Waals surface area contributed by atoms with E-state index in [-0.39, 0.29) is 18.4 Å². The molecule has 1 aliphatic carbocycles. The van der Waals surface area contributed by atoms with Gasteiger partial charge in [-0.25, -0.2) is 0 Å². The van der Waals surface area contributed by atoms with Gasteiger partial charge in [-0.3, -0.25) is 9.59 Å². The van der Waals surface area contributed by atoms with Crippen LogP contribution in [0.15, 0.2) is 0 Å². The van der Waals surface area contributed by atoms with E-state index in [2.05, 4.69) is 5.32 Å². The second-order valence-electron chi connectivity index (χ2n) is 5.76. The topological polar surface area (TPSA) is 75.6 Å². The number of rotatable bonds is 4. The van der Waals surface area contributed by atoms with Crippen LogP contribution in [0.1, 0.15) is 57.8 Å². The van der Waals surface area contributed by atoms with Crippen molar-refractivity contribution in [3.8, 4) is 0 Å². The Balaban J connectivity index is 1.98. The van der Waals surface area contributed by atoms with E-state index < -0.39 is 11.5 Å². The monoisotopic (exact) mass is 269 g/mol. The molecule has 0 aromatic carbocycles. The van der Waals surface area contributed by atoms with Crippen molar-refractivity contribution in [1.82, 2.24) is 5.32 Å². The third kappa shape index (κ3) is 3.93. The van der Waals surface area contributed by atoms with Crippen LogP contribution in [0.2, 0.25) is 0 Å². The predicted octanol–water partition coefficient (Wildman–Crippen LogP) is 1.85. The number of hydrogen-bond acceptors (Lipinski definition) is 3. The number of carboxylic acids is 1. The number of hydrogen-bond donors (Lipinski definition) is 2. The summed E-state index contributed by atoms with van der Waals surface area (Å²) in [6.45, 7) is 0.629. The summed E-state index contributed by atoms with van der Waals surface area (Å²) in [5.74, 6) is -0.963. The van der Waals surface area contributed by atoms with Crippen LogP contribution in [0, 0.1) is 0 Å². The molecule has 0 spiro atoms. The van der Waals surface area contributed by atoms with Crippen molar-refractivity contribution >= 4 is 11.9 Å². The molecule has 0 aromatic rings. The van der Waals surface area contributed by atoms with Gasteiger partial charge in [-0.15, -0.1) is 0 Å². The molecule has 1 aliphatic heterocycles. The molecule has 1 heterocycles. The minimum absolute atomic E-state index is 0.0193. The number of nitrogens with one attached hydrogen (secondary N) is 1. The first-order chi connectivity index (χ1) is 9.11. The van der Waals surface area contributed by atoms with Crippen molar-refractivity contribution in [2.45, 2.75) is 69.4 Å². The molecule has 2 rings (SSSR count). The predicted molar refractivity (Wildman–Crippen MR) is 69.8 cm³/mol. The lowest BCUT2D eigenvalue weighted by Gasteiger charge is -2.38. The van der Waals surface area contributed by atoms with E-state index in [1.54, 1.807) is 0 Å². The van der Waals surface area contributed by atoms with Gasteiger partial charge in [0.05, 0.1) is 12.0 Å². The van der Waals surface area contributed by atoms with Crippen LogP contribution in [0.25, 0.3) is 0 Å². The molecule has 0 radical (unpaired) electrons. The summed E-state index contributed by atoms with van der Waals surface area (Å²) < 4.78 is 5.47. The smallest absolute Gasteiger partial charge is 0.305 e. The molecule has 0 aromatic heterocycles. The van der Waals surface area contributed by atoms with Crippen LogP contribution in [0.4, 0.5) is 0 Å². The Kier molecular flexibility index (Phi) is 4.80. The molecule has 1 saturated heterocycles. The van der Waals surface area contributed by atoms with E-state index in [0.717, 1.165) is 51.4 Å². The molecule has 2 N–H and O–H groups in total. The van der Waals surface area contributed by atoms with Crippen molar-refractivity contribution < 1.29 is 19.4 Å². The summed E-state index contributed by atoms with van der Waals surface area (Å²) >= 11 is 0. The van der Waals surface area contributed by atoms with Crippen LogP contribution < -0.4 is 5.32 Å². The first kappa shape index (κ1) is 14.3. The van der Waals surface area contributed by atoms with Crippen LogP contribution in [0.3, 0.4) is 0 Å². The average Bonchev–Trinajstić information content (AvgIpc) is 2.39. The van der Waals surface area contributed by atoms with Crippen molar-refractivity contribution in [3.05, 3.63) is 0 Å². The number of aliphatic carboxylic acids is 1. The molecule has 1 atom stereocenters. The van der Waals surface area contributed by atoms with E-state index in [1.165, 1.54) is 0 Å². The fourth-order valence-corrected chi connectivity index (χ4v) is 3.15. The Hall–Kier alpha value is -1.10. The van der Waals surface area contributed by atoms with E-state index in [9.17, 15) is 9.59 Å². The highest BCUT2D eigenvalue weighted by Gasteiger charge is 2.37. The van der Waals surface area contributed by atoms with Crippen LogP contribution in [-0.2, 0) is 14.3 Å². The van der Waals surface area contributed by atoms with Crippen molar-refractivity contribution in [2.24, 2.45) is 0 Å². The minimum Gasteiger partial charge on any atom is -0.481 e. The van der Waals surface area contributed by atoms with Gasteiger partial charge in [0.1, 0.15) is 6.10 Å². The van der Waals surface area contributed by atoms with Gasteiger partial charge in [-0.05, 0) is 32.1 Å². The van der Waals surface area contributed by atoms with Gasteiger partial charge in [-0.1, -0.05) is 19.3 Å². The third-order valence-electron chi connectivity index (χ3n) is 4.16. The summed E-state index contributed by atoms with van der Waals surface area (Å²) in [6.07, 6.45) is 7.00. The highest BCUT2D eigenvalue weighted by molar-refractivity contribution is 5.82. The molecule has 108 valence electrons. The van der Waals surface area contributed by atoms with Gasteiger partial charge < -0.3 is 15.2 Å². The fraction of sp³-hybridized carbons (Fsp3) is 0.857. The third-order valence-corrected chi connectivity index (χ3v) is 4.16. The van der Waals surface area contributed by atoms with Gasteiger partial charge in [0.15, 0.2) is 0 Å². The minimum atomic E-state index is -0.841. The largest absolute Gasteiger partial charge is 0.481 e. The highest BCUT2D eigenvalue weighted by Crippen LogP contribution is 2.31. The maximum absolute atomic E-state index is 12.2. The van der Waals surface area contributed by atoms with Crippen molar-refractivity contribution in [3.63, 3.8) is 0 Å². The molecule has 1 saturated carbocycles. The zero-order chi connectivity index (χ0) is 13.7. The Morgan fingerprint density at radius 2 is 1.89 bits per heavy atom. The Bertz CT molecular complexity index is 330. The molecule has 1 amide bonds. The lowest BCUT2D eigenvalue weighted by molar-refractivity contribution is -0.142. The van der Waals surface area contributed by atoms with Crippen LogP contribution in [-0.4, -0.2) is 35.2 Å². The molecular formula is C14H23NO4. The lowest BCUT2D eigenvalue weighted by Crippen LogP contribution is -2.54. The molecule has 0 bridgehead atoms. The number of carbonyl (C=O) groups is 2. The summed E-state index contributed by atoms with van der Waals surface area (Å²) in [5, 5.41) is 12.1. The first-order valence-corrected chi connectivity index (χ1v) is 7.27. The SMILES string of the molecule is O=C(O)CC1(NC(=O)[C@H]2CCCCO2)CCCCC1. The maximum Gasteiger partial charge on any atom is 0.305 e. The highest BCUT2D eigenvalue weighted by atomic mass is 16.5. The number of amides is 1. The first-order valence-electron chi connectivity index (χ1n) is 7.27. The second kappa shape index (κ2) is 6.37. The van der Waals surface area contributed by atoms with E-state index in [0.29, 0.717) is 6.61 Å². The van der Waals surface area contributed by atoms with E-state index in [4.69, 9.17) is 9.84 Å². The summed E-state index contributed by atoms with van der Waals surface area (Å²) in [6, 6.07) is 0. The zero-order valence-electron chi connectivity index (χ0n) is 11.3. The molecule has 19 heavy (non-hydrogen) atoms. The zero-order valence-corrected chi connectivity index (χ0v) is 11.3. The quantitative estimate of drug-likeness (QED) is 0.816. The molecule has 0 unspecified atom stereocenters. The van der Waals surface area contributed by atoms with Gasteiger partial charge in [0.25, 0.3) is 0 Å². The number of carbonyl (C=O) groups excluding carboxylic acids is 1. The number of carboxylic acid groups (broad SMARTS) is 1. The average molecular weight is 269 g/mol. The Morgan fingerprint density at radius 1 is 1.16 bits per heavy atom. The Labute approximate surface area is 113 Å². The van der Waals surface area contributed by atoms with Crippen LogP contribution in [0.5, 0.6) is 0 Å². The van der Waals surface area contributed by atoms with Crippen molar-refractivity contribution in [2.75, 3.05) is 6.61 Å². The maximum atomic E-state index is 12.2. The van der Waals surface area contributed by atoms with Gasteiger partial charge in [-0.2, -0.15) is 0 Å². The fourth-order valence-electron chi connectivity index (χ4n) is 3.15. The molecule has 2 aliphatic rings. The van der Waals surface area contributed by atoms with E-state index >= 15 is 0 Å². The molecule has 5 nitrogen and oxygen atoms in total. The standard InChI is InChI=1S/C14H23NO4/c16-12(17)10-14(7-3-1-4-8-14)15-13(18)11-6-2-5-9-19-11/h11H,1-10H2,(H,15,18)(H,16,17)/t11-/m1/s1. The Morgan fingerprint density at radius 3 is 2.47 bits per heavy atom. The van der Waals surface area contributed by atoms with Gasteiger partial charge in [0, 0.05) is 6.61 Å². The molecule has 2 fully saturated rings. The lowest BCUT2D eigenvalue weighted by atomic mass is 9.79. The van der Waals surface area contributed by atoms with Crippen LogP contribution >= 0.6 is 0 Å². The molecule has 5 heteroatoms. The van der Waals surface area contributed by atoms with Gasteiger partial charge >= 0.3 is 5.97 Å². The van der Waals surface area contributed by atoms with Gasteiger partial charge in [0.2, 0.25) is 5.91 Å². The second-order valence-corrected chi connectivity index (χ2v) is 5.76. The summed E-state index contributed by atoms with van der Waals surface area (Å²) in [7, 11) is 0. The molecular weight excluding hydrogens is 246 g/mol.